The first kappa shape index (κ1) is 22.6. The van der Waals surface area contributed by atoms with Gasteiger partial charge in [0.15, 0.2) is 0 Å². The highest BCUT2D eigenvalue weighted by atomic mass is 16.6. The smallest absolute Gasteiger partial charge is 0.410 e. The highest BCUT2D eigenvalue weighted by molar-refractivity contribution is 6.15. The van der Waals surface area contributed by atoms with Gasteiger partial charge in [-0.1, -0.05) is 19.1 Å². The Balaban J connectivity index is 1.79. The number of allylic oxidation sites excluding steroid dienone is 2. The lowest BCUT2D eigenvalue weighted by molar-refractivity contribution is 0.0168. The van der Waals surface area contributed by atoms with Crippen LogP contribution in [0.5, 0.6) is 0 Å². The molecule has 0 atom stereocenters. The largest absolute Gasteiger partial charge is 0.444 e. The van der Waals surface area contributed by atoms with Crippen molar-refractivity contribution in [2.45, 2.75) is 46.6 Å². The van der Waals surface area contributed by atoms with Crippen LogP contribution in [0.3, 0.4) is 0 Å². The molecule has 0 aliphatic carbocycles. The minimum absolute atomic E-state index is 0.249. The molecule has 1 N–H and O–H groups in total. The Hall–Kier alpha value is -3.09. The van der Waals surface area contributed by atoms with E-state index in [0.717, 1.165) is 47.9 Å². The second-order valence-corrected chi connectivity index (χ2v) is 8.61. The monoisotopic (exact) mass is 423 g/mol. The average Bonchev–Trinajstić information content (AvgIpc) is 3.17. The maximum Gasteiger partial charge on any atom is 0.410 e. The van der Waals surface area contributed by atoms with Gasteiger partial charge in [-0.2, -0.15) is 0 Å². The fraction of sp³-hybridized carbons (Fsp3) is 0.458. The van der Waals surface area contributed by atoms with E-state index in [1.165, 1.54) is 0 Å². The van der Waals surface area contributed by atoms with Crippen molar-refractivity contribution < 1.29 is 9.53 Å². The van der Waals surface area contributed by atoms with Crippen molar-refractivity contribution in [1.29, 1.82) is 0 Å². The van der Waals surface area contributed by atoms with Gasteiger partial charge < -0.3 is 19.9 Å². The molecular formula is C24H33N5O2. The summed E-state index contributed by atoms with van der Waals surface area (Å²) in [6, 6.07) is 5.90. The number of nitrogens with one attached hydrogen (secondary N) is 1. The molecule has 1 aromatic heterocycles. The molecule has 31 heavy (non-hydrogen) atoms. The molecule has 1 fully saturated rings. The number of ether oxygens (including phenoxy) is 1. The second-order valence-electron chi connectivity index (χ2n) is 8.61. The molecule has 2 aliphatic heterocycles. The lowest BCUT2D eigenvalue weighted by Crippen LogP contribution is -2.49. The lowest BCUT2D eigenvalue weighted by Gasteiger charge is -2.37. The summed E-state index contributed by atoms with van der Waals surface area (Å²) >= 11 is 0. The molecule has 1 saturated heterocycles. The number of carbonyl (C=O) groups excluding carboxylic acids is 1. The Morgan fingerprint density at radius 3 is 2.52 bits per heavy atom. The van der Waals surface area contributed by atoms with E-state index in [1.807, 2.05) is 51.4 Å². The third-order valence-corrected chi connectivity index (χ3v) is 5.11. The Bertz CT molecular complexity index is 902. The summed E-state index contributed by atoms with van der Waals surface area (Å²) in [4.78, 5) is 25.6. The van der Waals surface area contributed by atoms with Crippen molar-refractivity contribution >= 4 is 17.5 Å². The molecule has 166 valence electrons. The van der Waals surface area contributed by atoms with Gasteiger partial charge in [0.25, 0.3) is 0 Å². The molecule has 0 bridgehead atoms. The number of hydrogen-bond acceptors (Lipinski definition) is 6. The van der Waals surface area contributed by atoms with E-state index in [0.29, 0.717) is 13.1 Å². The number of amides is 1. The standard InChI is InChI=1S/C24H33N5O2/c1-6-7-11-26-22-21(19(17-27-22)20-10-8-9-12-25-20)18(2)28-13-15-29(16-14-28)23(30)31-24(3,4)5/h7-12,17H,6,13-16H2,1-5H3,(H,26,27)/b11-7+,21-18+. The fourth-order valence-electron chi connectivity index (χ4n) is 3.54. The van der Waals surface area contributed by atoms with Gasteiger partial charge in [-0.25, -0.2) is 9.79 Å². The van der Waals surface area contributed by atoms with Crippen LogP contribution in [-0.4, -0.2) is 58.5 Å². The first-order valence-corrected chi connectivity index (χ1v) is 10.9. The van der Waals surface area contributed by atoms with E-state index >= 15 is 0 Å². The summed E-state index contributed by atoms with van der Waals surface area (Å²) in [5.41, 5.74) is 3.57. The topological polar surface area (TPSA) is 70.1 Å². The normalized spacial score (nSPS) is 18.7. The van der Waals surface area contributed by atoms with Gasteiger partial charge in [-0.05, 0) is 52.4 Å². The van der Waals surface area contributed by atoms with Crippen molar-refractivity contribution in [2.75, 3.05) is 26.2 Å². The number of rotatable bonds is 4. The minimum Gasteiger partial charge on any atom is -0.444 e. The molecular weight excluding hydrogens is 390 g/mol. The zero-order chi connectivity index (χ0) is 22.4. The van der Waals surface area contributed by atoms with E-state index in [-0.39, 0.29) is 6.09 Å². The SMILES string of the molecule is CC/C=C/NC1=NC=C(c2ccccn2)/C1=C(/C)N1CCN(C(=O)OC(C)(C)C)CC1. The second kappa shape index (κ2) is 9.81. The fourth-order valence-corrected chi connectivity index (χ4v) is 3.54. The van der Waals surface area contributed by atoms with E-state index < -0.39 is 5.60 Å². The van der Waals surface area contributed by atoms with Crippen molar-refractivity contribution in [3.63, 3.8) is 0 Å². The number of pyridine rings is 1. The van der Waals surface area contributed by atoms with Crippen LogP contribution in [0, 0.1) is 0 Å². The first-order chi connectivity index (χ1) is 14.8. The van der Waals surface area contributed by atoms with Crippen LogP contribution in [0.1, 0.15) is 46.7 Å². The molecule has 0 saturated carbocycles. The maximum absolute atomic E-state index is 12.4. The number of nitrogens with zero attached hydrogens (tertiary/aromatic N) is 4. The molecule has 0 spiro atoms. The molecule has 3 heterocycles. The van der Waals surface area contributed by atoms with Crippen molar-refractivity contribution in [3.05, 3.63) is 59.8 Å². The summed E-state index contributed by atoms with van der Waals surface area (Å²) < 4.78 is 5.52. The zero-order valence-electron chi connectivity index (χ0n) is 19.2. The van der Waals surface area contributed by atoms with Crippen LogP contribution in [0.2, 0.25) is 0 Å². The Morgan fingerprint density at radius 1 is 1.19 bits per heavy atom. The van der Waals surface area contributed by atoms with Gasteiger partial charge in [0.2, 0.25) is 0 Å². The molecule has 0 aromatic carbocycles. The average molecular weight is 424 g/mol. The molecule has 0 unspecified atom stereocenters. The Labute approximate surface area is 185 Å². The molecule has 0 radical (unpaired) electrons. The molecule has 1 aromatic rings. The van der Waals surface area contributed by atoms with Crippen LogP contribution in [0.15, 0.2) is 59.1 Å². The predicted molar refractivity (Wildman–Crippen MR) is 124 cm³/mol. The Morgan fingerprint density at radius 2 is 1.90 bits per heavy atom. The lowest BCUT2D eigenvalue weighted by atomic mass is 10.0. The number of carbonyl (C=O) groups is 1. The van der Waals surface area contributed by atoms with Gasteiger partial charge in [0, 0.05) is 55.4 Å². The quantitative estimate of drug-likeness (QED) is 0.787. The minimum atomic E-state index is -0.485. The Kier molecular flexibility index (Phi) is 7.15. The molecule has 7 nitrogen and oxygen atoms in total. The third kappa shape index (κ3) is 5.75. The maximum atomic E-state index is 12.4. The van der Waals surface area contributed by atoms with Crippen LogP contribution < -0.4 is 5.32 Å². The number of aromatic nitrogens is 1. The van der Waals surface area contributed by atoms with E-state index in [9.17, 15) is 4.79 Å². The van der Waals surface area contributed by atoms with Crippen LogP contribution in [0.25, 0.3) is 5.57 Å². The first-order valence-electron chi connectivity index (χ1n) is 10.9. The van der Waals surface area contributed by atoms with Crippen molar-refractivity contribution in [2.24, 2.45) is 4.99 Å². The summed E-state index contributed by atoms with van der Waals surface area (Å²) in [5, 5.41) is 3.33. The van der Waals surface area contributed by atoms with Crippen molar-refractivity contribution in [1.82, 2.24) is 20.1 Å². The summed E-state index contributed by atoms with van der Waals surface area (Å²) in [6.07, 6.45) is 8.37. The predicted octanol–water partition coefficient (Wildman–Crippen LogP) is 4.17. The van der Waals surface area contributed by atoms with E-state index in [1.54, 1.807) is 11.1 Å². The molecule has 2 aliphatic rings. The van der Waals surface area contributed by atoms with Crippen molar-refractivity contribution in [3.8, 4) is 0 Å². The summed E-state index contributed by atoms with van der Waals surface area (Å²) in [7, 11) is 0. The zero-order valence-corrected chi connectivity index (χ0v) is 19.2. The van der Waals surface area contributed by atoms with Crippen LogP contribution >= 0.6 is 0 Å². The van der Waals surface area contributed by atoms with Crippen LogP contribution in [-0.2, 0) is 4.74 Å². The summed E-state index contributed by atoms with van der Waals surface area (Å²) in [5.74, 6) is 0.817. The highest BCUT2D eigenvalue weighted by Gasteiger charge is 2.29. The van der Waals surface area contributed by atoms with Gasteiger partial charge in [0.1, 0.15) is 11.4 Å². The van der Waals surface area contributed by atoms with Gasteiger partial charge in [-0.3, -0.25) is 4.98 Å². The molecule has 7 heteroatoms. The summed E-state index contributed by atoms with van der Waals surface area (Å²) in [6.45, 7) is 12.6. The number of hydrogen-bond donors (Lipinski definition) is 1. The van der Waals surface area contributed by atoms with E-state index in [4.69, 9.17) is 4.74 Å². The number of piperazine rings is 1. The third-order valence-electron chi connectivity index (χ3n) is 5.11. The molecule has 3 rings (SSSR count). The number of aliphatic imine (C=N–C) groups is 1. The van der Waals surface area contributed by atoms with Gasteiger partial charge >= 0.3 is 6.09 Å². The number of amidine groups is 1. The van der Waals surface area contributed by atoms with Gasteiger partial charge in [0.05, 0.1) is 5.69 Å². The highest BCUT2D eigenvalue weighted by Crippen LogP contribution is 2.31. The van der Waals surface area contributed by atoms with E-state index in [2.05, 4.69) is 40.1 Å². The van der Waals surface area contributed by atoms with Gasteiger partial charge in [-0.15, -0.1) is 0 Å². The molecule has 1 amide bonds. The van der Waals surface area contributed by atoms with Crippen LogP contribution in [0.4, 0.5) is 4.79 Å².